The molecule has 2 N–H and O–H groups in total. The third-order valence-corrected chi connectivity index (χ3v) is 3.30. The third-order valence-electron chi connectivity index (χ3n) is 3.30. The third kappa shape index (κ3) is 4.71. The van der Waals surface area contributed by atoms with Gasteiger partial charge >= 0.3 is 0 Å². The van der Waals surface area contributed by atoms with Crippen molar-refractivity contribution in [3.63, 3.8) is 0 Å². The highest BCUT2D eigenvalue weighted by Gasteiger charge is 2.18. The monoisotopic (exact) mass is 296 g/mol. The van der Waals surface area contributed by atoms with Crippen LogP contribution in [0, 0.1) is 16.0 Å². The van der Waals surface area contributed by atoms with E-state index in [1.807, 2.05) is 6.92 Å². The molecule has 0 fully saturated rings. The summed E-state index contributed by atoms with van der Waals surface area (Å²) in [4.78, 5) is 22.4. The molecule has 0 aliphatic rings. The van der Waals surface area contributed by atoms with Crippen LogP contribution in [0.5, 0.6) is 5.75 Å². The lowest BCUT2D eigenvalue weighted by molar-refractivity contribution is -0.384. The van der Waals surface area contributed by atoms with E-state index in [1.165, 1.54) is 25.3 Å². The van der Waals surface area contributed by atoms with E-state index in [1.54, 1.807) is 0 Å². The van der Waals surface area contributed by atoms with Crippen LogP contribution >= 0.6 is 0 Å². The summed E-state index contributed by atoms with van der Waals surface area (Å²) >= 11 is 0. The van der Waals surface area contributed by atoms with E-state index < -0.39 is 10.8 Å². The van der Waals surface area contributed by atoms with Gasteiger partial charge in [0.05, 0.1) is 17.6 Å². The molecule has 1 aromatic carbocycles. The predicted octanol–water partition coefficient (Wildman–Crippen LogP) is 1.74. The molecule has 7 heteroatoms. The highest BCUT2D eigenvalue weighted by atomic mass is 16.6. The van der Waals surface area contributed by atoms with Crippen LogP contribution in [0.1, 0.15) is 30.1 Å². The standard InChI is InChI=1S/C14H20N2O5/c1-3-10(6-7-17)9-15-14(18)12-8-11(16(19)20)4-5-13(12)21-2/h4-5,8,10,17H,3,6-7,9H2,1-2H3,(H,15,18). The van der Waals surface area contributed by atoms with Crippen LogP contribution in [0.4, 0.5) is 5.69 Å². The summed E-state index contributed by atoms with van der Waals surface area (Å²) in [6, 6.07) is 3.88. The molecule has 0 aromatic heterocycles. The molecule has 0 radical (unpaired) electrons. The van der Waals surface area contributed by atoms with Crippen LogP contribution in [-0.2, 0) is 0 Å². The average Bonchev–Trinajstić information content (AvgIpc) is 2.50. The number of nitro benzene ring substituents is 1. The smallest absolute Gasteiger partial charge is 0.270 e. The van der Waals surface area contributed by atoms with Gasteiger partial charge in [-0.15, -0.1) is 0 Å². The first-order valence-corrected chi connectivity index (χ1v) is 6.74. The number of methoxy groups -OCH3 is 1. The summed E-state index contributed by atoms with van der Waals surface area (Å²) in [5.74, 6) is 0.0314. The molecule has 0 saturated heterocycles. The van der Waals surface area contributed by atoms with Gasteiger partial charge in [0, 0.05) is 25.3 Å². The van der Waals surface area contributed by atoms with Gasteiger partial charge in [0.25, 0.3) is 11.6 Å². The molecule has 21 heavy (non-hydrogen) atoms. The largest absolute Gasteiger partial charge is 0.496 e. The van der Waals surface area contributed by atoms with Gasteiger partial charge in [-0.1, -0.05) is 13.3 Å². The number of carbonyl (C=O) groups is 1. The van der Waals surface area contributed by atoms with Crippen molar-refractivity contribution in [2.24, 2.45) is 5.92 Å². The number of rotatable bonds is 8. The van der Waals surface area contributed by atoms with E-state index in [2.05, 4.69) is 5.32 Å². The lowest BCUT2D eigenvalue weighted by Gasteiger charge is -2.15. The summed E-state index contributed by atoms with van der Waals surface area (Å²) in [7, 11) is 1.40. The number of carbonyl (C=O) groups excluding carboxylic acids is 1. The minimum atomic E-state index is -0.559. The molecule has 116 valence electrons. The Hall–Kier alpha value is -2.15. The SMILES string of the molecule is CCC(CCO)CNC(=O)c1cc([N+](=O)[O-])ccc1OC. The minimum absolute atomic E-state index is 0.0640. The molecule has 0 aliphatic heterocycles. The van der Waals surface area contributed by atoms with Crippen molar-refractivity contribution in [2.75, 3.05) is 20.3 Å². The Morgan fingerprint density at radius 1 is 1.52 bits per heavy atom. The van der Waals surface area contributed by atoms with Gasteiger partial charge in [-0.05, 0) is 18.4 Å². The van der Waals surface area contributed by atoms with Crippen LogP contribution in [0.3, 0.4) is 0 Å². The fourth-order valence-corrected chi connectivity index (χ4v) is 1.95. The maximum atomic E-state index is 12.1. The molecule has 0 spiro atoms. The van der Waals surface area contributed by atoms with E-state index in [4.69, 9.17) is 9.84 Å². The molecule has 7 nitrogen and oxygen atoms in total. The first-order chi connectivity index (χ1) is 10.0. The molecule has 0 heterocycles. The van der Waals surface area contributed by atoms with Gasteiger partial charge in [0.2, 0.25) is 0 Å². The molecule has 0 saturated carbocycles. The Balaban J connectivity index is 2.85. The number of hydrogen-bond donors (Lipinski definition) is 2. The van der Waals surface area contributed by atoms with Crippen molar-refractivity contribution in [2.45, 2.75) is 19.8 Å². The second-order valence-electron chi connectivity index (χ2n) is 4.64. The second kappa shape index (κ2) is 8.21. The molecule has 1 rings (SSSR count). The van der Waals surface area contributed by atoms with Crippen LogP contribution in [0.2, 0.25) is 0 Å². The van der Waals surface area contributed by atoms with Crippen molar-refractivity contribution < 1.29 is 19.6 Å². The van der Waals surface area contributed by atoms with E-state index in [0.717, 1.165) is 6.42 Å². The van der Waals surface area contributed by atoms with Crippen molar-refractivity contribution in [1.29, 1.82) is 0 Å². The lowest BCUT2D eigenvalue weighted by Crippen LogP contribution is -2.29. The van der Waals surface area contributed by atoms with Gasteiger partial charge in [-0.3, -0.25) is 14.9 Å². The minimum Gasteiger partial charge on any atom is -0.496 e. The van der Waals surface area contributed by atoms with Crippen LogP contribution < -0.4 is 10.1 Å². The Morgan fingerprint density at radius 2 is 2.24 bits per heavy atom. The normalized spacial score (nSPS) is 11.8. The fraction of sp³-hybridized carbons (Fsp3) is 0.500. The Labute approximate surface area is 123 Å². The molecule has 1 atom stereocenters. The van der Waals surface area contributed by atoms with Crippen molar-refractivity contribution in [3.8, 4) is 5.75 Å². The van der Waals surface area contributed by atoms with Gasteiger partial charge in [-0.25, -0.2) is 0 Å². The van der Waals surface area contributed by atoms with Gasteiger partial charge in [0.1, 0.15) is 5.75 Å². The highest BCUT2D eigenvalue weighted by Crippen LogP contribution is 2.24. The van der Waals surface area contributed by atoms with Gasteiger partial charge in [0.15, 0.2) is 0 Å². The summed E-state index contributed by atoms with van der Waals surface area (Å²) in [5.41, 5.74) is -0.0334. The second-order valence-corrected chi connectivity index (χ2v) is 4.64. The van der Waals surface area contributed by atoms with Crippen LogP contribution in [-0.4, -0.2) is 36.2 Å². The zero-order valence-corrected chi connectivity index (χ0v) is 12.2. The highest BCUT2D eigenvalue weighted by molar-refractivity contribution is 5.97. The Kier molecular flexibility index (Phi) is 6.61. The molecular weight excluding hydrogens is 276 g/mol. The first kappa shape index (κ1) is 16.9. The number of amides is 1. The number of nitro groups is 1. The molecule has 0 aliphatic carbocycles. The number of aliphatic hydroxyl groups excluding tert-OH is 1. The van der Waals surface area contributed by atoms with Crippen molar-refractivity contribution in [1.82, 2.24) is 5.32 Å². The predicted molar refractivity (Wildman–Crippen MR) is 77.5 cm³/mol. The van der Waals surface area contributed by atoms with Crippen molar-refractivity contribution >= 4 is 11.6 Å². The van der Waals surface area contributed by atoms with Crippen molar-refractivity contribution in [3.05, 3.63) is 33.9 Å². The molecular formula is C14H20N2O5. The molecule has 1 aromatic rings. The Morgan fingerprint density at radius 3 is 2.76 bits per heavy atom. The summed E-state index contributed by atoms with van der Waals surface area (Å²) in [6.45, 7) is 2.44. The number of nitrogens with zero attached hydrogens (tertiary/aromatic N) is 1. The number of aliphatic hydroxyl groups is 1. The maximum Gasteiger partial charge on any atom is 0.270 e. The number of hydrogen-bond acceptors (Lipinski definition) is 5. The Bertz CT molecular complexity index is 504. The molecule has 0 bridgehead atoms. The van der Waals surface area contributed by atoms with Crippen LogP contribution in [0.15, 0.2) is 18.2 Å². The van der Waals surface area contributed by atoms with E-state index in [0.29, 0.717) is 13.0 Å². The fourth-order valence-electron chi connectivity index (χ4n) is 1.95. The van der Waals surface area contributed by atoms with E-state index in [9.17, 15) is 14.9 Å². The van der Waals surface area contributed by atoms with E-state index in [-0.39, 0.29) is 29.5 Å². The molecule has 1 unspecified atom stereocenters. The average molecular weight is 296 g/mol. The van der Waals surface area contributed by atoms with Gasteiger partial charge < -0.3 is 15.2 Å². The van der Waals surface area contributed by atoms with Crippen LogP contribution in [0.25, 0.3) is 0 Å². The number of nitrogens with one attached hydrogen (secondary N) is 1. The summed E-state index contributed by atoms with van der Waals surface area (Å²) in [6.07, 6.45) is 1.43. The lowest BCUT2D eigenvalue weighted by atomic mass is 10.0. The zero-order valence-electron chi connectivity index (χ0n) is 12.2. The maximum absolute atomic E-state index is 12.1. The summed E-state index contributed by atoms with van der Waals surface area (Å²) in [5, 5.41) is 22.4. The number of non-ortho nitro benzene ring substituents is 1. The first-order valence-electron chi connectivity index (χ1n) is 6.74. The number of benzene rings is 1. The zero-order chi connectivity index (χ0) is 15.8. The quantitative estimate of drug-likeness (QED) is 0.562. The summed E-state index contributed by atoms with van der Waals surface area (Å²) < 4.78 is 5.06. The molecule has 1 amide bonds. The van der Waals surface area contributed by atoms with Gasteiger partial charge in [-0.2, -0.15) is 0 Å². The number of ether oxygens (including phenoxy) is 1. The topological polar surface area (TPSA) is 102 Å². The van der Waals surface area contributed by atoms with E-state index >= 15 is 0 Å².